The Labute approximate surface area is 96.2 Å². The van der Waals surface area contributed by atoms with E-state index in [0.717, 1.165) is 0 Å². The molecule has 0 rings (SSSR count). The first-order valence-corrected chi connectivity index (χ1v) is 5.28. The molecule has 94 valence electrons. The van der Waals surface area contributed by atoms with Crippen LogP contribution in [0.15, 0.2) is 0 Å². The number of aliphatic carboxylic acids is 1. The van der Waals surface area contributed by atoms with E-state index in [-0.39, 0.29) is 24.9 Å². The fraction of sp³-hybridized carbons (Fsp3) is 0.818. The third kappa shape index (κ3) is 7.23. The molecule has 0 aliphatic heterocycles. The number of carbonyl (C=O) groups excluding carboxylic acids is 1. The maximum Gasteiger partial charge on any atom is 0.303 e. The summed E-state index contributed by atoms with van der Waals surface area (Å²) in [6, 6.07) is 0. The number of ether oxygens (including phenoxy) is 1. The summed E-state index contributed by atoms with van der Waals surface area (Å²) in [6.45, 7) is 5.82. The van der Waals surface area contributed by atoms with Crippen LogP contribution < -0.4 is 5.32 Å². The summed E-state index contributed by atoms with van der Waals surface area (Å²) in [5.74, 6) is -1.03. The second kappa shape index (κ2) is 6.48. The van der Waals surface area contributed by atoms with Crippen LogP contribution in [0.1, 0.15) is 33.6 Å². The first-order valence-electron chi connectivity index (χ1n) is 5.28. The van der Waals surface area contributed by atoms with Crippen LogP contribution in [-0.4, -0.2) is 36.7 Å². The van der Waals surface area contributed by atoms with Crippen LogP contribution in [0.3, 0.4) is 0 Å². The quantitative estimate of drug-likeness (QED) is 0.686. The highest BCUT2D eigenvalue weighted by atomic mass is 16.5. The van der Waals surface area contributed by atoms with Gasteiger partial charge in [0.2, 0.25) is 5.91 Å². The van der Waals surface area contributed by atoms with Gasteiger partial charge < -0.3 is 15.2 Å². The first-order chi connectivity index (χ1) is 7.26. The third-order valence-corrected chi connectivity index (χ3v) is 2.26. The molecule has 0 aromatic rings. The second-order valence-corrected chi connectivity index (χ2v) is 4.76. The number of hydrogen-bond acceptors (Lipinski definition) is 3. The summed E-state index contributed by atoms with van der Waals surface area (Å²) in [5, 5.41) is 11.4. The molecule has 1 unspecified atom stereocenters. The van der Waals surface area contributed by atoms with Crippen molar-refractivity contribution in [3.05, 3.63) is 0 Å². The van der Waals surface area contributed by atoms with Gasteiger partial charge >= 0.3 is 5.97 Å². The van der Waals surface area contributed by atoms with Gasteiger partial charge in [-0.05, 0) is 12.3 Å². The third-order valence-electron chi connectivity index (χ3n) is 2.26. The molecule has 0 aliphatic rings. The van der Waals surface area contributed by atoms with E-state index in [1.807, 2.05) is 6.92 Å². The molecule has 0 aliphatic carbocycles. The summed E-state index contributed by atoms with van der Waals surface area (Å²) in [4.78, 5) is 22.1. The number of methoxy groups -OCH3 is 1. The molecule has 0 aromatic heterocycles. The number of hydrogen-bond donors (Lipinski definition) is 2. The van der Waals surface area contributed by atoms with Crippen LogP contribution in [-0.2, 0) is 14.3 Å². The number of rotatable bonds is 7. The van der Waals surface area contributed by atoms with Crippen molar-refractivity contribution in [2.24, 2.45) is 5.41 Å². The summed E-state index contributed by atoms with van der Waals surface area (Å²) in [6.07, 6.45) is 0.155. The van der Waals surface area contributed by atoms with E-state index >= 15 is 0 Å². The number of nitrogens with one attached hydrogen (secondary N) is 1. The molecular weight excluding hydrogens is 210 g/mol. The minimum Gasteiger partial charge on any atom is -0.481 e. The van der Waals surface area contributed by atoms with Crippen molar-refractivity contribution in [2.45, 2.75) is 39.7 Å². The number of carboxylic acids is 1. The number of carboxylic acid groups (broad SMARTS) is 1. The van der Waals surface area contributed by atoms with Crippen LogP contribution in [0.2, 0.25) is 0 Å². The molecule has 5 heteroatoms. The van der Waals surface area contributed by atoms with Crippen LogP contribution in [0.4, 0.5) is 0 Å². The van der Waals surface area contributed by atoms with Crippen molar-refractivity contribution in [3.8, 4) is 0 Å². The summed E-state index contributed by atoms with van der Waals surface area (Å²) in [5.41, 5.74) is -0.522. The Morgan fingerprint density at radius 1 is 1.38 bits per heavy atom. The van der Waals surface area contributed by atoms with Crippen molar-refractivity contribution >= 4 is 11.9 Å². The highest BCUT2D eigenvalue weighted by Crippen LogP contribution is 2.24. The Kier molecular flexibility index (Phi) is 6.03. The van der Waals surface area contributed by atoms with Gasteiger partial charge in [0, 0.05) is 20.1 Å². The summed E-state index contributed by atoms with van der Waals surface area (Å²) >= 11 is 0. The Hall–Kier alpha value is -1.10. The Morgan fingerprint density at radius 3 is 2.38 bits per heavy atom. The van der Waals surface area contributed by atoms with E-state index in [0.29, 0.717) is 6.54 Å². The largest absolute Gasteiger partial charge is 0.481 e. The van der Waals surface area contributed by atoms with Gasteiger partial charge in [0.15, 0.2) is 0 Å². The van der Waals surface area contributed by atoms with Gasteiger partial charge in [0.05, 0.1) is 12.5 Å². The van der Waals surface area contributed by atoms with E-state index in [4.69, 9.17) is 9.84 Å². The highest BCUT2D eigenvalue weighted by molar-refractivity contribution is 5.77. The number of amides is 1. The first kappa shape index (κ1) is 14.9. The van der Waals surface area contributed by atoms with Gasteiger partial charge in [-0.2, -0.15) is 0 Å². The Morgan fingerprint density at radius 2 is 1.94 bits per heavy atom. The molecule has 0 radical (unpaired) electrons. The smallest absolute Gasteiger partial charge is 0.303 e. The van der Waals surface area contributed by atoms with Gasteiger partial charge in [-0.1, -0.05) is 13.8 Å². The van der Waals surface area contributed by atoms with E-state index < -0.39 is 11.4 Å². The van der Waals surface area contributed by atoms with Crippen molar-refractivity contribution < 1.29 is 19.4 Å². The highest BCUT2D eigenvalue weighted by Gasteiger charge is 2.25. The average Bonchev–Trinajstić information content (AvgIpc) is 2.11. The van der Waals surface area contributed by atoms with E-state index in [1.54, 1.807) is 21.0 Å². The van der Waals surface area contributed by atoms with Crippen LogP contribution in [0.5, 0.6) is 0 Å². The normalized spacial score (nSPS) is 13.2. The molecule has 0 aromatic carbocycles. The van der Waals surface area contributed by atoms with Crippen LogP contribution >= 0.6 is 0 Å². The summed E-state index contributed by atoms with van der Waals surface area (Å²) < 4.78 is 4.99. The van der Waals surface area contributed by atoms with Crippen LogP contribution in [0.25, 0.3) is 0 Å². The van der Waals surface area contributed by atoms with Crippen molar-refractivity contribution in [3.63, 3.8) is 0 Å². The zero-order valence-electron chi connectivity index (χ0n) is 10.4. The van der Waals surface area contributed by atoms with Crippen molar-refractivity contribution in [2.75, 3.05) is 13.7 Å². The lowest BCUT2D eigenvalue weighted by atomic mass is 9.85. The maximum atomic E-state index is 11.5. The Balaban J connectivity index is 3.98. The molecule has 16 heavy (non-hydrogen) atoms. The van der Waals surface area contributed by atoms with Crippen molar-refractivity contribution in [1.82, 2.24) is 5.32 Å². The fourth-order valence-corrected chi connectivity index (χ4v) is 1.31. The molecule has 0 saturated carbocycles. The lowest BCUT2D eigenvalue weighted by Crippen LogP contribution is -2.34. The molecule has 1 amide bonds. The van der Waals surface area contributed by atoms with Gasteiger partial charge in [0.1, 0.15) is 0 Å². The molecular formula is C11H21NO4. The van der Waals surface area contributed by atoms with E-state index in [2.05, 4.69) is 5.32 Å². The molecule has 1 atom stereocenters. The van der Waals surface area contributed by atoms with Gasteiger partial charge in [-0.25, -0.2) is 0 Å². The predicted octanol–water partition coefficient (Wildman–Crippen LogP) is 1.03. The average molecular weight is 231 g/mol. The fourth-order valence-electron chi connectivity index (χ4n) is 1.31. The van der Waals surface area contributed by atoms with E-state index in [9.17, 15) is 9.59 Å². The van der Waals surface area contributed by atoms with Gasteiger partial charge in [-0.3, -0.25) is 9.59 Å². The SMILES string of the molecule is COC(C)CNC(=O)CC(C)(C)CC(=O)O. The van der Waals surface area contributed by atoms with E-state index in [1.165, 1.54) is 0 Å². The maximum absolute atomic E-state index is 11.5. The lowest BCUT2D eigenvalue weighted by Gasteiger charge is -2.22. The van der Waals surface area contributed by atoms with Gasteiger partial charge in [-0.15, -0.1) is 0 Å². The lowest BCUT2D eigenvalue weighted by molar-refractivity contribution is -0.139. The zero-order chi connectivity index (χ0) is 12.8. The predicted molar refractivity (Wildman–Crippen MR) is 60.1 cm³/mol. The molecule has 2 N–H and O–H groups in total. The minimum atomic E-state index is -0.886. The van der Waals surface area contributed by atoms with Crippen LogP contribution in [0, 0.1) is 5.41 Å². The number of carbonyl (C=O) groups is 2. The standard InChI is InChI=1S/C11H21NO4/c1-8(16-4)7-12-9(13)5-11(2,3)6-10(14)15/h8H,5-7H2,1-4H3,(H,12,13)(H,14,15). The second-order valence-electron chi connectivity index (χ2n) is 4.76. The molecule has 0 heterocycles. The van der Waals surface area contributed by atoms with Crippen molar-refractivity contribution in [1.29, 1.82) is 0 Å². The minimum absolute atomic E-state index is 0.0136. The summed E-state index contributed by atoms with van der Waals surface area (Å²) in [7, 11) is 1.57. The molecule has 0 fully saturated rings. The zero-order valence-corrected chi connectivity index (χ0v) is 10.4. The molecule has 5 nitrogen and oxygen atoms in total. The molecule has 0 saturated heterocycles. The molecule has 0 spiro atoms. The topological polar surface area (TPSA) is 75.6 Å². The Bertz CT molecular complexity index is 250. The molecule has 0 bridgehead atoms. The monoisotopic (exact) mass is 231 g/mol. The van der Waals surface area contributed by atoms with Gasteiger partial charge in [0.25, 0.3) is 0 Å².